The van der Waals surface area contributed by atoms with Crippen LogP contribution in [0, 0.1) is 0 Å². The number of rotatable bonds is 3. The second-order valence-electron chi connectivity index (χ2n) is 4.73. The van der Waals surface area contributed by atoms with E-state index in [9.17, 15) is 0 Å². The maximum Gasteiger partial charge on any atom is 0.199 e. The molecule has 2 heterocycles. The molecule has 0 aromatic carbocycles. The highest BCUT2D eigenvalue weighted by Gasteiger charge is 2.08. The van der Waals surface area contributed by atoms with E-state index in [4.69, 9.17) is 0 Å². The van der Waals surface area contributed by atoms with Crippen LogP contribution in [0.2, 0.25) is 0 Å². The molecule has 106 valence electrons. The van der Waals surface area contributed by atoms with Crippen molar-refractivity contribution in [1.29, 1.82) is 0 Å². The standard InChI is InChI=1S/C13H19N7/c1-19(2)13(20(3)4)15-9-11-16-12(18-17-11)10-7-5-6-8-14-10/h5-8H,9H2,1-4H3,(H,16,17,18). The van der Waals surface area contributed by atoms with Crippen LogP contribution in [-0.2, 0) is 6.54 Å². The molecular formula is C13H19N7. The van der Waals surface area contributed by atoms with Crippen molar-refractivity contribution in [3.63, 3.8) is 0 Å². The Morgan fingerprint density at radius 2 is 1.95 bits per heavy atom. The van der Waals surface area contributed by atoms with Crippen molar-refractivity contribution >= 4 is 5.96 Å². The van der Waals surface area contributed by atoms with Crippen molar-refractivity contribution in [3.8, 4) is 11.5 Å². The maximum atomic E-state index is 4.51. The molecule has 0 aliphatic heterocycles. The Morgan fingerprint density at radius 1 is 1.20 bits per heavy atom. The highest BCUT2D eigenvalue weighted by Crippen LogP contribution is 2.10. The van der Waals surface area contributed by atoms with E-state index < -0.39 is 0 Å². The summed E-state index contributed by atoms with van der Waals surface area (Å²) < 4.78 is 0. The van der Waals surface area contributed by atoms with Gasteiger partial charge in [-0.2, -0.15) is 5.10 Å². The minimum absolute atomic E-state index is 0.450. The van der Waals surface area contributed by atoms with Gasteiger partial charge >= 0.3 is 0 Å². The van der Waals surface area contributed by atoms with Crippen LogP contribution in [0.5, 0.6) is 0 Å². The fourth-order valence-corrected chi connectivity index (χ4v) is 1.80. The number of aromatic amines is 1. The number of guanidine groups is 1. The van der Waals surface area contributed by atoms with Crippen molar-refractivity contribution in [2.24, 2.45) is 4.99 Å². The molecule has 2 rings (SSSR count). The number of hydrogen-bond donors (Lipinski definition) is 1. The summed E-state index contributed by atoms with van der Waals surface area (Å²) in [6, 6.07) is 5.65. The van der Waals surface area contributed by atoms with Crippen molar-refractivity contribution < 1.29 is 0 Å². The van der Waals surface area contributed by atoms with Crippen LogP contribution < -0.4 is 0 Å². The van der Waals surface area contributed by atoms with Crippen LogP contribution in [0.25, 0.3) is 11.5 Å². The van der Waals surface area contributed by atoms with E-state index in [1.807, 2.05) is 56.2 Å². The average molecular weight is 273 g/mol. The lowest BCUT2D eigenvalue weighted by atomic mass is 10.3. The molecule has 0 fully saturated rings. The molecule has 7 heteroatoms. The topological polar surface area (TPSA) is 73.3 Å². The first-order chi connectivity index (χ1) is 9.58. The first-order valence-corrected chi connectivity index (χ1v) is 6.29. The van der Waals surface area contributed by atoms with E-state index in [0.29, 0.717) is 18.2 Å². The van der Waals surface area contributed by atoms with Crippen molar-refractivity contribution in [2.75, 3.05) is 28.2 Å². The van der Waals surface area contributed by atoms with Gasteiger partial charge in [0.15, 0.2) is 11.8 Å². The number of aromatic nitrogens is 4. The van der Waals surface area contributed by atoms with E-state index in [1.54, 1.807) is 6.20 Å². The summed E-state index contributed by atoms with van der Waals surface area (Å²) in [4.78, 5) is 17.0. The van der Waals surface area contributed by atoms with Crippen LogP contribution in [-0.4, -0.2) is 64.1 Å². The van der Waals surface area contributed by atoms with Gasteiger partial charge in [0, 0.05) is 34.4 Å². The molecule has 0 spiro atoms. The summed E-state index contributed by atoms with van der Waals surface area (Å²) in [7, 11) is 7.83. The van der Waals surface area contributed by atoms with Crippen LogP contribution in [0.3, 0.4) is 0 Å². The van der Waals surface area contributed by atoms with E-state index >= 15 is 0 Å². The second kappa shape index (κ2) is 6.14. The Bertz CT molecular complexity index is 561. The zero-order chi connectivity index (χ0) is 14.5. The molecule has 2 aromatic heterocycles. The summed E-state index contributed by atoms with van der Waals surface area (Å²) in [6.45, 7) is 0.450. The SMILES string of the molecule is CN(C)C(=NCc1nc(-c2ccccn2)n[nH]1)N(C)C. The van der Waals surface area contributed by atoms with Crippen LogP contribution >= 0.6 is 0 Å². The number of nitrogens with one attached hydrogen (secondary N) is 1. The lowest BCUT2D eigenvalue weighted by molar-refractivity contribution is 0.478. The average Bonchev–Trinajstić information content (AvgIpc) is 2.88. The second-order valence-corrected chi connectivity index (χ2v) is 4.73. The third-order valence-corrected chi connectivity index (χ3v) is 2.60. The van der Waals surface area contributed by atoms with E-state index in [-0.39, 0.29) is 0 Å². The smallest absolute Gasteiger partial charge is 0.199 e. The van der Waals surface area contributed by atoms with Gasteiger partial charge in [-0.1, -0.05) is 6.07 Å². The Kier molecular flexibility index (Phi) is 4.29. The van der Waals surface area contributed by atoms with Crippen molar-refractivity contribution in [3.05, 3.63) is 30.2 Å². The predicted molar refractivity (Wildman–Crippen MR) is 78.1 cm³/mol. The minimum atomic E-state index is 0.450. The Balaban J connectivity index is 2.12. The van der Waals surface area contributed by atoms with Crippen LogP contribution in [0.4, 0.5) is 0 Å². The molecule has 0 aliphatic rings. The third kappa shape index (κ3) is 3.31. The summed E-state index contributed by atoms with van der Waals surface area (Å²) in [5.41, 5.74) is 0.749. The van der Waals surface area contributed by atoms with Gasteiger partial charge in [0.25, 0.3) is 0 Å². The first kappa shape index (κ1) is 14.0. The molecule has 0 saturated heterocycles. The fraction of sp³-hybridized carbons (Fsp3) is 0.385. The molecule has 0 atom stereocenters. The van der Waals surface area contributed by atoms with Crippen molar-refractivity contribution in [1.82, 2.24) is 30.0 Å². The first-order valence-electron chi connectivity index (χ1n) is 6.29. The molecule has 0 unspecified atom stereocenters. The summed E-state index contributed by atoms with van der Waals surface area (Å²) in [5.74, 6) is 2.18. The van der Waals surface area contributed by atoms with Gasteiger partial charge in [-0.3, -0.25) is 10.1 Å². The molecule has 1 N–H and O–H groups in total. The quantitative estimate of drug-likeness (QED) is 0.663. The van der Waals surface area contributed by atoms with E-state index in [0.717, 1.165) is 11.7 Å². The molecule has 2 aromatic rings. The molecule has 0 saturated carbocycles. The lowest BCUT2D eigenvalue weighted by Gasteiger charge is -2.22. The molecule has 20 heavy (non-hydrogen) atoms. The van der Waals surface area contributed by atoms with E-state index in [1.165, 1.54) is 0 Å². The Morgan fingerprint density at radius 3 is 2.55 bits per heavy atom. The van der Waals surface area contributed by atoms with Gasteiger partial charge in [0.2, 0.25) is 0 Å². The van der Waals surface area contributed by atoms with Gasteiger partial charge in [-0.25, -0.2) is 9.98 Å². The van der Waals surface area contributed by atoms with E-state index in [2.05, 4.69) is 25.2 Å². The number of pyridine rings is 1. The van der Waals surface area contributed by atoms with Gasteiger partial charge in [0.05, 0.1) is 0 Å². The zero-order valence-electron chi connectivity index (χ0n) is 12.2. The number of aliphatic imine (C=N–C) groups is 1. The zero-order valence-corrected chi connectivity index (χ0v) is 12.2. The summed E-state index contributed by atoms with van der Waals surface area (Å²) in [6.07, 6.45) is 1.72. The number of nitrogens with zero attached hydrogens (tertiary/aromatic N) is 6. The highest BCUT2D eigenvalue weighted by atomic mass is 15.3. The molecule has 7 nitrogen and oxygen atoms in total. The largest absolute Gasteiger partial charge is 0.349 e. The number of H-pyrrole nitrogens is 1. The molecule has 0 radical (unpaired) electrons. The monoisotopic (exact) mass is 273 g/mol. The maximum absolute atomic E-state index is 4.51. The number of hydrogen-bond acceptors (Lipinski definition) is 4. The molecule has 0 amide bonds. The normalized spacial score (nSPS) is 10.2. The van der Waals surface area contributed by atoms with Gasteiger partial charge < -0.3 is 9.80 Å². The summed E-state index contributed by atoms with van der Waals surface area (Å²) in [5, 5.41) is 7.05. The lowest BCUT2D eigenvalue weighted by Crippen LogP contribution is -2.35. The molecular weight excluding hydrogens is 254 g/mol. The van der Waals surface area contributed by atoms with Gasteiger partial charge in [-0.05, 0) is 12.1 Å². The fourth-order valence-electron chi connectivity index (χ4n) is 1.80. The van der Waals surface area contributed by atoms with Gasteiger partial charge in [-0.15, -0.1) is 0 Å². The van der Waals surface area contributed by atoms with Crippen molar-refractivity contribution in [2.45, 2.75) is 6.54 Å². The highest BCUT2D eigenvalue weighted by molar-refractivity contribution is 5.79. The minimum Gasteiger partial charge on any atom is -0.349 e. The van der Waals surface area contributed by atoms with Gasteiger partial charge in [0.1, 0.15) is 18.1 Å². The van der Waals surface area contributed by atoms with Crippen LogP contribution in [0.15, 0.2) is 29.4 Å². The predicted octanol–water partition coefficient (Wildman–Crippen LogP) is 0.846. The molecule has 0 bridgehead atoms. The Labute approximate surface area is 118 Å². The molecule has 0 aliphatic carbocycles. The van der Waals surface area contributed by atoms with Crippen LogP contribution in [0.1, 0.15) is 5.82 Å². The Hall–Kier alpha value is -2.44. The third-order valence-electron chi connectivity index (χ3n) is 2.60. The summed E-state index contributed by atoms with van der Waals surface area (Å²) >= 11 is 0.